The Hall–Kier alpha value is -2.51. The Kier molecular flexibility index (Phi) is 3.97. The molecule has 1 amide bonds. The summed E-state index contributed by atoms with van der Waals surface area (Å²) in [5.74, 6) is 0.330. The van der Waals surface area contributed by atoms with Crippen molar-refractivity contribution in [3.8, 4) is 5.75 Å². The molecule has 0 aliphatic heterocycles. The number of halogens is 3. The molecule has 0 atom stereocenters. The van der Waals surface area contributed by atoms with Gasteiger partial charge in [-0.1, -0.05) is 17.3 Å². The summed E-state index contributed by atoms with van der Waals surface area (Å²) in [5, 5.41) is 6.16. The van der Waals surface area contributed by atoms with Crippen LogP contribution >= 0.6 is 0 Å². The molecule has 1 fully saturated rings. The summed E-state index contributed by atoms with van der Waals surface area (Å²) >= 11 is 0. The van der Waals surface area contributed by atoms with Gasteiger partial charge in [-0.3, -0.25) is 4.79 Å². The van der Waals surface area contributed by atoms with Gasteiger partial charge in [0.15, 0.2) is 12.3 Å². The van der Waals surface area contributed by atoms with Crippen molar-refractivity contribution in [3.63, 3.8) is 0 Å². The summed E-state index contributed by atoms with van der Waals surface area (Å²) in [6, 6.07) is 7.44. The summed E-state index contributed by atoms with van der Waals surface area (Å²) in [5.41, 5.74) is 0.218. The number of alkyl halides is 3. The van der Waals surface area contributed by atoms with E-state index in [2.05, 4.69) is 10.5 Å². The van der Waals surface area contributed by atoms with Crippen molar-refractivity contribution in [3.05, 3.63) is 41.8 Å². The fourth-order valence-corrected chi connectivity index (χ4v) is 2.00. The van der Waals surface area contributed by atoms with Crippen molar-refractivity contribution in [2.75, 3.05) is 11.9 Å². The molecule has 2 aromatic rings. The number of amides is 1. The van der Waals surface area contributed by atoms with Gasteiger partial charge >= 0.3 is 6.18 Å². The van der Waals surface area contributed by atoms with E-state index in [1.807, 2.05) is 0 Å². The number of para-hydroxylation sites is 2. The third kappa shape index (κ3) is 4.02. The molecule has 0 saturated heterocycles. The van der Waals surface area contributed by atoms with Gasteiger partial charge in [0.25, 0.3) is 5.91 Å². The minimum Gasteiger partial charge on any atom is -0.482 e. The second kappa shape index (κ2) is 5.94. The number of anilines is 1. The second-order valence-corrected chi connectivity index (χ2v) is 5.24. The van der Waals surface area contributed by atoms with Crippen molar-refractivity contribution in [2.24, 2.45) is 0 Å². The van der Waals surface area contributed by atoms with E-state index in [4.69, 9.17) is 9.26 Å². The predicted octanol–water partition coefficient (Wildman–Crippen LogP) is 3.75. The molecule has 1 aromatic heterocycles. The Labute approximate surface area is 129 Å². The molecular weight excluding hydrogens is 313 g/mol. The molecule has 23 heavy (non-hydrogen) atoms. The lowest BCUT2D eigenvalue weighted by Gasteiger charge is -2.13. The first-order chi connectivity index (χ1) is 10.9. The Morgan fingerprint density at radius 1 is 1.35 bits per heavy atom. The quantitative estimate of drug-likeness (QED) is 0.909. The van der Waals surface area contributed by atoms with Crippen molar-refractivity contribution in [1.82, 2.24) is 5.16 Å². The highest BCUT2D eigenvalue weighted by Crippen LogP contribution is 2.40. The van der Waals surface area contributed by atoms with Crippen LogP contribution in [0.25, 0.3) is 0 Å². The summed E-state index contributed by atoms with van der Waals surface area (Å²) in [4.78, 5) is 12.1. The first-order valence-electron chi connectivity index (χ1n) is 6.99. The summed E-state index contributed by atoms with van der Waals surface area (Å²) in [7, 11) is 0. The van der Waals surface area contributed by atoms with E-state index in [1.54, 1.807) is 12.1 Å². The van der Waals surface area contributed by atoms with Gasteiger partial charge in [0.05, 0.1) is 5.69 Å². The highest BCUT2D eigenvalue weighted by molar-refractivity contribution is 6.03. The van der Waals surface area contributed by atoms with Crippen molar-refractivity contribution in [2.45, 2.75) is 24.9 Å². The number of aromatic nitrogens is 1. The molecular formula is C15H13F3N2O3. The van der Waals surface area contributed by atoms with Crippen molar-refractivity contribution in [1.29, 1.82) is 0 Å². The topological polar surface area (TPSA) is 64.4 Å². The lowest BCUT2D eigenvalue weighted by atomic mass is 10.2. The van der Waals surface area contributed by atoms with Gasteiger partial charge in [-0.25, -0.2) is 0 Å². The van der Waals surface area contributed by atoms with E-state index in [-0.39, 0.29) is 17.1 Å². The zero-order valence-corrected chi connectivity index (χ0v) is 11.9. The number of carbonyl (C=O) groups excluding carboxylic acids is 1. The summed E-state index contributed by atoms with van der Waals surface area (Å²) in [6.07, 6.45) is -2.45. The van der Waals surface area contributed by atoms with Crippen molar-refractivity contribution < 1.29 is 27.2 Å². The Morgan fingerprint density at radius 2 is 2.09 bits per heavy atom. The largest absolute Gasteiger partial charge is 0.482 e. The number of benzene rings is 1. The van der Waals surface area contributed by atoms with Crippen LogP contribution in [0.3, 0.4) is 0 Å². The molecule has 5 nitrogen and oxygen atoms in total. The number of hydrogen-bond acceptors (Lipinski definition) is 4. The van der Waals surface area contributed by atoms with Crippen LogP contribution in [0.2, 0.25) is 0 Å². The molecule has 0 unspecified atom stereocenters. The standard InChI is InChI=1S/C15H13F3N2O3/c16-15(17,18)8-22-12-4-2-1-3-10(12)19-14(21)11-7-13(23-20-11)9-5-6-9/h1-4,7,9H,5-6,8H2,(H,19,21). The fourth-order valence-electron chi connectivity index (χ4n) is 2.00. The number of rotatable bonds is 5. The van der Waals surface area contributed by atoms with Gasteiger partial charge in [-0.2, -0.15) is 13.2 Å². The molecule has 1 heterocycles. The average molecular weight is 326 g/mol. The normalized spacial score (nSPS) is 14.6. The van der Waals surface area contributed by atoms with Crippen LogP contribution in [0, 0.1) is 0 Å². The van der Waals surface area contributed by atoms with Gasteiger partial charge in [0, 0.05) is 12.0 Å². The molecule has 1 aliphatic carbocycles. The smallest absolute Gasteiger partial charge is 0.422 e. The zero-order chi connectivity index (χ0) is 16.4. The first-order valence-corrected chi connectivity index (χ1v) is 6.99. The second-order valence-electron chi connectivity index (χ2n) is 5.24. The maximum Gasteiger partial charge on any atom is 0.422 e. The van der Waals surface area contributed by atoms with Crippen molar-refractivity contribution >= 4 is 11.6 Å². The molecule has 1 aliphatic rings. The van der Waals surface area contributed by atoms with Crippen LogP contribution < -0.4 is 10.1 Å². The van der Waals surface area contributed by atoms with E-state index < -0.39 is 18.7 Å². The minimum atomic E-state index is -4.46. The number of ether oxygens (including phenoxy) is 1. The van der Waals surface area contributed by atoms with Crippen LogP contribution in [0.4, 0.5) is 18.9 Å². The monoisotopic (exact) mass is 326 g/mol. The lowest BCUT2D eigenvalue weighted by Crippen LogP contribution is -2.20. The fraction of sp³-hybridized carbons (Fsp3) is 0.333. The highest BCUT2D eigenvalue weighted by atomic mass is 19.4. The molecule has 3 rings (SSSR count). The predicted molar refractivity (Wildman–Crippen MR) is 74.4 cm³/mol. The van der Waals surface area contributed by atoms with Gasteiger partial charge in [0.1, 0.15) is 11.5 Å². The van der Waals surface area contributed by atoms with E-state index in [9.17, 15) is 18.0 Å². The molecule has 0 spiro atoms. The summed E-state index contributed by atoms with van der Waals surface area (Å²) in [6.45, 7) is -1.43. The van der Waals surface area contributed by atoms with Crippen LogP contribution in [0.15, 0.2) is 34.9 Å². The maximum atomic E-state index is 12.3. The molecule has 122 valence electrons. The molecule has 1 saturated carbocycles. The maximum absolute atomic E-state index is 12.3. The molecule has 1 N–H and O–H groups in total. The first kappa shape index (κ1) is 15.4. The number of hydrogen-bond donors (Lipinski definition) is 1. The number of nitrogens with zero attached hydrogens (tertiary/aromatic N) is 1. The van der Waals surface area contributed by atoms with Crippen LogP contribution in [0.1, 0.15) is 35.0 Å². The van der Waals surface area contributed by atoms with Gasteiger partial charge in [-0.15, -0.1) is 0 Å². The lowest BCUT2D eigenvalue weighted by molar-refractivity contribution is -0.153. The van der Waals surface area contributed by atoms with E-state index >= 15 is 0 Å². The molecule has 0 bridgehead atoms. The SMILES string of the molecule is O=C(Nc1ccccc1OCC(F)(F)F)c1cc(C2CC2)on1. The Morgan fingerprint density at radius 3 is 2.78 bits per heavy atom. The number of nitrogens with one attached hydrogen (secondary N) is 1. The Balaban J connectivity index is 1.69. The third-order valence-electron chi connectivity index (χ3n) is 3.27. The van der Waals surface area contributed by atoms with Gasteiger partial charge in [-0.05, 0) is 25.0 Å². The zero-order valence-electron chi connectivity index (χ0n) is 11.9. The van der Waals surface area contributed by atoms with Gasteiger partial charge in [0.2, 0.25) is 0 Å². The summed E-state index contributed by atoms with van der Waals surface area (Å²) < 4.78 is 46.5. The van der Waals surface area contributed by atoms with E-state index in [0.29, 0.717) is 11.7 Å². The number of carbonyl (C=O) groups is 1. The van der Waals surface area contributed by atoms with E-state index in [0.717, 1.165) is 12.8 Å². The van der Waals surface area contributed by atoms with Crippen LogP contribution in [-0.2, 0) is 0 Å². The Bertz CT molecular complexity index is 708. The molecule has 1 aromatic carbocycles. The molecule has 8 heteroatoms. The van der Waals surface area contributed by atoms with Crippen LogP contribution in [0.5, 0.6) is 5.75 Å². The molecule has 0 radical (unpaired) electrons. The minimum absolute atomic E-state index is 0.0657. The van der Waals surface area contributed by atoms with Crippen LogP contribution in [-0.4, -0.2) is 23.8 Å². The van der Waals surface area contributed by atoms with Gasteiger partial charge < -0.3 is 14.6 Å². The van der Waals surface area contributed by atoms with E-state index in [1.165, 1.54) is 18.2 Å². The third-order valence-corrected chi connectivity index (χ3v) is 3.27. The highest BCUT2D eigenvalue weighted by Gasteiger charge is 2.30. The average Bonchev–Trinajstić information content (AvgIpc) is 3.22.